The minimum atomic E-state index is 0.0532. The molecule has 0 aliphatic rings. The number of hydrogen-bond donors (Lipinski definition) is 1. The summed E-state index contributed by atoms with van der Waals surface area (Å²) >= 11 is 1.29. The molecule has 3 rings (SSSR count). The van der Waals surface area contributed by atoms with Crippen LogP contribution in [0.2, 0.25) is 0 Å². The Labute approximate surface area is 125 Å². The summed E-state index contributed by atoms with van der Waals surface area (Å²) in [6.07, 6.45) is 1.87. The summed E-state index contributed by atoms with van der Waals surface area (Å²) in [7, 11) is 1.94. The zero-order valence-corrected chi connectivity index (χ0v) is 12.6. The molecule has 0 aliphatic heterocycles. The third-order valence-electron chi connectivity index (χ3n) is 3.36. The van der Waals surface area contributed by atoms with Gasteiger partial charge >= 0.3 is 0 Å². The molecule has 2 aromatic heterocycles. The van der Waals surface area contributed by atoms with E-state index < -0.39 is 0 Å². The fraction of sp³-hybridized carbons (Fsp3) is 0.214. The van der Waals surface area contributed by atoms with E-state index in [1.54, 1.807) is 6.92 Å². The molecule has 21 heavy (non-hydrogen) atoms. The zero-order valence-electron chi connectivity index (χ0n) is 11.8. The Bertz CT molecular complexity index is 820. The third-order valence-corrected chi connectivity index (χ3v) is 4.31. The van der Waals surface area contributed by atoms with Gasteiger partial charge in [0.15, 0.2) is 5.78 Å². The van der Waals surface area contributed by atoms with Crippen molar-refractivity contribution in [1.29, 1.82) is 0 Å². The molecule has 0 radical (unpaired) electrons. The van der Waals surface area contributed by atoms with E-state index in [2.05, 4.69) is 10.2 Å². The lowest BCUT2D eigenvalue weighted by Gasteiger charge is -2.00. The van der Waals surface area contributed by atoms with Gasteiger partial charge in [-0.05, 0) is 13.0 Å². The molecule has 2 heterocycles. The van der Waals surface area contributed by atoms with Gasteiger partial charge in [-0.25, -0.2) is 4.68 Å². The lowest BCUT2D eigenvalue weighted by Crippen LogP contribution is -2.12. The minimum absolute atomic E-state index is 0.0532. The topological polar surface area (TPSA) is 78.7 Å². The maximum Gasteiger partial charge on any atom is 0.210 e. The average Bonchev–Trinajstić information content (AvgIpc) is 2.99. The largest absolute Gasteiger partial charge is 0.350 e. The van der Waals surface area contributed by atoms with Crippen molar-refractivity contribution in [2.45, 2.75) is 12.1 Å². The first-order chi connectivity index (χ1) is 10.1. The maximum atomic E-state index is 12.4. The number of nitrogens with two attached hydrogens (primary N) is 1. The molecule has 0 fully saturated rings. The second kappa shape index (κ2) is 5.25. The molecule has 6 nitrogen and oxygen atoms in total. The Kier molecular flexibility index (Phi) is 3.42. The smallest absolute Gasteiger partial charge is 0.210 e. The van der Waals surface area contributed by atoms with Crippen LogP contribution in [0.3, 0.4) is 0 Å². The van der Waals surface area contributed by atoms with Crippen molar-refractivity contribution in [1.82, 2.24) is 19.4 Å². The average molecular weight is 301 g/mol. The van der Waals surface area contributed by atoms with Gasteiger partial charge in [-0.15, -0.1) is 10.2 Å². The predicted molar refractivity (Wildman–Crippen MR) is 82.9 cm³/mol. The van der Waals surface area contributed by atoms with Gasteiger partial charge in [0, 0.05) is 29.7 Å². The van der Waals surface area contributed by atoms with Gasteiger partial charge in [-0.3, -0.25) is 4.79 Å². The fourth-order valence-electron chi connectivity index (χ4n) is 2.22. The van der Waals surface area contributed by atoms with Gasteiger partial charge in [-0.1, -0.05) is 30.0 Å². The van der Waals surface area contributed by atoms with Crippen LogP contribution >= 0.6 is 11.8 Å². The van der Waals surface area contributed by atoms with Gasteiger partial charge < -0.3 is 10.4 Å². The van der Waals surface area contributed by atoms with Crippen LogP contribution in [0.25, 0.3) is 10.9 Å². The number of thioether (sulfide) groups is 1. The molecular formula is C14H15N5OS. The number of para-hydroxylation sites is 1. The van der Waals surface area contributed by atoms with Gasteiger partial charge in [0.05, 0.1) is 5.75 Å². The van der Waals surface area contributed by atoms with Crippen molar-refractivity contribution < 1.29 is 4.79 Å². The highest BCUT2D eigenvalue weighted by Crippen LogP contribution is 2.23. The normalized spacial score (nSPS) is 11.1. The van der Waals surface area contributed by atoms with E-state index >= 15 is 0 Å². The Morgan fingerprint density at radius 2 is 2.10 bits per heavy atom. The second-order valence-electron chi connectivity index (χ2n) is 4.78. The number of carbonyl (C=O) groups is 1. The van der Waals surface area contributed by atoms with Crippen LogP contribution < -0.4 is 5.84 Å². The summed E-state index contributed by atoms with van der Waals surface area (Å²) in [6.45, 7) is 1.77. The number of nitrogen functional groups attached to an aromatic ring is 1. The molecule has 1 aromatic carbocycles. The monoisotopic (exact) mass is 301 g/mol. The number of aromatic nitrogens is 4. The zero-order chi connectivity index (χ0) is 15.0. The molecule has 0 atom stereocenters. The van der Waals surface area contributed by atoms with E-state index in [0.717, 1.165) is 16.5 Å². The molecule has 7 heteroatoms. The third kappa shape index (κ3) is 2.40. The van der Waals surface area contributed by atoms with Gasteiger partial charge in [0.2, 0.25) is 5.16 Å². The Morgan fingerprint density at radius 3 is 2.81 bits per heavy atom. The Morgan fingerprint density at radius 1 is 1.33 bits per heavy atom. The number of rotatable bonds is 4. The van der Waals surface area contributed by atoms with E-state index in [0.29, 0.717) is 11.0 Å². The Balaban J connectivity index is 1.83. The number of benzene rings is 1. The molecule has 2 N–H and O–H groups in total. The van der Waals surface area contributed by atoms with Crippen LogP contribution in [-0.2, 0) is 7.05 Å². The second-order valence-corrected chi connectivity index (χ2v) is 5.72. The minimum Gasteiger partial charge on any atom is -0.350 e. The predicted octanol–water partition coefficient (Wildman–Crippen LogP) is 1.77. The molecular weight excluding hydrogens is 286 g/mol. The molecule has 108 valence electrons. The van der Waals surface area contributed by atoms with Crippen molar-refractivity contribution in [2.24, 2.45) is 7.05 Å². The van der Waals surface area contributed by atoms with Crippen LogP contribution in [0.1, 0.15) is 16.2 Å². The summed E-state index contributed by atoms with van der Waals surface area (Å²) in [6, 6.07) is 7.86. The highest BCUT2D eigenvalue weighted by Gasteiger charge is 2.15. The lowest BCUT2D eigenvalue weighted by molar-refractivity contribution is 0.102. The number of carbonyl (C=O) groups excluding carboxylic acids is 1. The van der Waals surface area contributed by atoms with Crippen LogP contribution in [-0.4, -0.2) is 31.0 Å². The van der Waals surface area contributed by atoms with Gasteiger partial charge in [0.1, 0.15) is 5.82 Å². The number of fused-ring (bicyclic) bond motifs is 1. The van der Waals surface area contributed by atoms with Crippen LogP contribution in [0.5, 0.6) is 0 Å². The molecule has 0 spiro atoms. The maximum absolute atomic E-state index is 12.4. The van der Waals surface area contributed by atoms with Crippen LogP contribution in [0.15, 0.2) is 35.6 Å². The van der Waals surface area contributed by atoms with E-state index in [4.69, 9.17) is 5.84 Å². The Hall–Kier alpha value is -2.28. The first-order valence-electron chi connectivity index (χ1n) is 6.45. The molecule has 0 bridgehead atoms. The summed E-state index contributed by atoms with van der Waals surface area (Å²) in [5, 5.41) is 9.33. The van der Waals surface area contributed by atoms with Crippen molar-refractivity contribution in [2.75, 3.05) is 11.6 Å². The molecule has 0 amide bonds. The summed E-state index contributed by atoms with van der Waals surface area (Å²) in [4.78, 5) is 12.4. The summed E-state index contributed by atoms with van der Waals surface area (Å²) in [5.41, 5.74) is 1.77. The molecule has 0 saturated carbocycles. The number of Topliss-reactive ketones (excluding diaryl/α,β-unsaturated/α-hetero) is 1. The summed E-state index contributed by atoms with van der Waals surface area (Å²) < 4.78 is 3.35. The van der Waals surface area contributed by atoms with E-state index in [1.807, 2.05) is 42.1 Å². The van der Waals surface area contributed by atoms with E-state index in [1.165, 1.54) is 16.4 Å². The quantitative estimate of drug-likeness (QED) is 0.451. The number of aryl methyl sites for hydroxylation is 2. The van der Waals surface area contributed by atoms with Crippen molar-refractivity contribution in [3.05, 3.63) is 41.9 Å². The van der Waals surface area contributed by atoms with Crippen molar-refractivity contribution in [3.8, 4) is 0 Å². The molecule has 0 aliphatic carbocycles. The first kappa shape index (κ1) is 13.7. The molecule has 3 aromatic rings. The van der Waals surface area contributed by atoms with Crippen molar-refractivity contribution in [3.63, 3.8) is 0 Å². The highest BCUT2D eigenvalue weighted by atomic mass is 32.2. The number of ketones is 1. The lowest BCUT2D eigenvalue weighted by atomic mass is 10.1. The van der Waals surface area contributed by atoms with Gasteiger partial charge in [-0.2, -0.15) is 0 Å². The number of nitrogens with zero attached hydrogens (tertiary/aromatic N) is 4. The van der Waals surface area contributed by atoms with Crippen molar-refractivity contribution >= 4 is 28.4 Å². The van der Waals surface area contributed by atoms with E-state index in [-0.39, 0.29) is 11.5 Å². The fourth-order valence-corrected chi connectivity index (χ4v) is 3.01. The standard InChI is InChI=1S/C14H15N5OS/c1-9-16-17-14(19(9)15)21-8-13(20)11-7-18(2)12-6-4-3-5-10(11)12/h3-7H,8,15H2,1-2H3. The highest BCUT2D eigenvalue weighted by molar-refractivity contribution is 7.99. The SMILES string of the molecule is Cc1nnc(SCC(=O)c2cn(C)c3ccccc23)n1N. The molecule has 0 saturated heterocycles. The molecule has 0 unspecified atom stereocenters. The van der Waals surface area contributed by atoms with E-state index in [9.17, 15) is 4.79 Å². The van der Waals surface area contributed by atoms with Crippen LogP contribution in [0, 0.1) is 6.92 Å². The summed E-state index contributed by atoms with van der Waals surface area (Å²) in [5.74, 6) is 6.73. The van der Waals surface area contributed by atoms with Crippen LogP contribution in [0.4, 0.5) is 0 Å². The number of hydrogen-bond acceptors (Lipinski definition) is 5. The van der Waals surface area contributed by atoms with Gasteiger partial charge in [0.25, 0.3) is 0 Å². The first-order valence-corrected chi connectivity index (χ1v) is 7.43.